The van der Waals surface area contributed by atoms with Gasteiger partial charge in [-0.15, -0.1) is 0 Å². The molecule has 0 amide bonds. The van der Waals surface area contributed by atoms with Crippen LogP contribution in [0.4, 0.5) is 0 Å². The second-order valence-electron chi connectivity index (χ2n) is 5.88. The molecule has 1 aromatic carbocycles. The summed E-state index contributed by atoms with van der Waals surface area (Å²) in [5.74, 6) is 0. The first-order valence-electron chi connectivity index (χ1n) is 6.09. The van der Waals surface area contributed by atoms with Crippen LogP contribution in [0.3, 0.4) is 0 Å². The van der Waals surface area contributed by atoms with Crippen LogP contribution >= 0.6 is 0 Å². The number of rotatable bonds is 5. The molecule has 0 aliphatic carbocycles. The van der Waals surface area contributed by atoms with Crippen molar-refractivity contribution >= 4 is 39.5 Å². The number of hydrogen-bond acceptors (Lipinski definition) is 1. The SMILES string of the molecule is CC[Si](C)(Cc1c[c-]ccc1)N[Si](C)(C)C.[Cl-].[Mg+2]. The summed E-state index contributed by atoms with van der Waals surface area (Å²) in [6.07, 6.45) is 0. The van der Waals surface area contributed by atoms with Gasteiger partial charge in [0.05, 0.1) is 0 Å². The fourth-order valence-corrected chi connectivity index (χ4v) is 11.8. The van der Waals surface area contributed by atoms with Gasteiger partial charge in [-0.2, -0.15) is 35.9 Å². The zero-order chi connectivity index (χ0) is 12.2. The van der Waals surface area contributed by atoms with Crippen molar-refractivity contribution in [1.29, 1.82) is 0 Å². The molecule has 18 heavy (non-hydrogen) atoms. The van der Waals surface area contributed by atoms with Gasteiger partial charge in [0.2, 0.25) is 0 Å². The monoisotopic (exact) mass is 309 g/mol. The Balaban J connectivity index is 0. The Labute approximate surface area is 137 Å². The molecule has 1 aromatic rings. The minimum absolute atomic E-state index is 0. The van der Waals surface area contributed by atoms with Gasteiger partial charge in [0.15, 0.2) is 0 Å². The third kappa shape index (κ3) is 7.96. The topological polar surface area (TPSA) is 12.0 Å². The van der Waals surface area contributed by atoms with Crippen LogP contribution in [0.2, 0.25) is 32.2 Å². The van der Waals surface area contributed by atoms with Crippen molar-refractivity contribution in [2.45, 2.75) is 45.2 Å². The standard InChI is InChI=1S/C13H24NSi2.ClH.Mg/c1-6-16(5,14-15(2,3)4)12-13-10-8-7-9-11-13;;/h7-8,10-11,14H,6,12H2,1-5H3;1H;/q-1;;+2/p-1. The van der Waals surface area contributed by atoms with E-state index in [1.54, 1.807) is 0 Å². The molecular weight excluding hydrogens is 286 g/mol. The minimum Gasteiger partial charge on any atom is -1.00 e. The molecule has 0 heterocycles. The normalized spacial score (nSPS) is 14.1. The third-order valence-corrected chi connectivity index (χ3v) is 11.0. The van der Waals surface area contributed by atoms with Crippen LogP contribution in [0, 0.1) is 6.07 Å². The van der Waals surface area contributed by atoms with E-state index in [0.717, 1.165) is 0 Å². The molecule has 0 aliphatic rings. The smallest absolute Gasteiger partial charge is 1.00 e. The molecular formula is C13H24ClMgNSi2. The maximum atomic E-state index is 3.99. The maximum Gasteiger partial charge on any atom is 2.00 e. The molecule has 0 saturated carbocycles. The Morgan fingerprint density at radius 2 is 1.83 bits per heavy atom. The molecule has 5 heteroatoms. The molecule has 1 N–H and O–H groups in total. The molecule has 98 valence electrons. The van der Waals surface area contributed by atoms with Crippen LogP contribution in [-0.4, -0.2) is 39.5 Å². The largest absolute Gasteiger partial charge is 2.00 e. The zero-order valence-corrected chi connectivity index (χ0v) is 16.5. The van der Waals surface area contributed by atoms with Crippen LogP contribution in [0.25, 0.3) is 0 Å². The van der Waals surface area contributed by atoms with E-state index < -0.39 is 16.5 Å². The van der Waals surface area contributed by atoms with Crippen LogP contribution in [-0.2, 0) is 6.04 Å². The Kier molecular flexibility index (Phi) is 10.2. The Hall–Kier alpha value is 0.670. The van der Waals surface area contributed by atoms with Crippen LogP contribution < -0.4 is 17.1 Å². The number of benzene rings is 1. The Morgan fingerprint density at radius 1 is 1.22 bits per heavy atom. The van der Waals surface area contributed by atoms with E-state index in [9.17, 15) is 0 Å². The molecule has 0 spiro atoms. The van der Waals surface area contributed by atoms with Gasteiger partial charge in [-0.1, -0.05) is 39.2 Å². The average Bonchev–Trinajstić information content (AvgIpc) is 2.16. The third-order valence-electron chi connectivity index (χ3n) is 2.82. The minimum atomic E-state index is -1.31. The predicted octanol–water partition coefficient (Wildman–Crippen LogP) is 0.211. The molecule has 1 nitrogen and oxygen atoms in total. The van der Waals surface area contributed by atoms with E-state index in [4.69, 9.17) is 0 Å². The first-order valence-corrected chi connectivity index (χ1v) is 12.5. The van der Waals surface area contributed by atoms with E-state index >= 15 is 0 Å². The first-order chi connectivity index (χ1) is 7.35. The molecule has 0 fully saturated rings. The fraction of sp³-hybridized carbons (Fsp3) is 0.538. The molecule has 0 bridgehead atoms. The summed E-state index contributed by atoms with van der Waals surface area (Å²) in [4.78, 5) is 0. The van der Waals surface area contributed by atoms with Crippen molar-refractivity contribution in [2.24, 2.45) is 0 Å². The molecule has 0 aliphatic heterocycles. The zero-order valence-electron chi connectivity index (χ0n) is 12.3. The fourth-order valence-electron chi connectivity index (χ4n) is 2.15. The van der Waals surface area contributed by atoms with Crippen LogP contribution in [0.15, 0.2) is 24.3 Å². The van der Waals surface area contributed by atoms with Gasteiger partial charge in [0, 0.05) is 0 Å². The summed E-state index contributed by atoms with van der Waals surface area (Å²) < 4.78 is 3.99. The van der Waals surface area contributed by atoms with E-state index in [-0.39, 0.29) is 35.5 Å². The van der Waals surface area contributed by atoms with Crippen LogP contribution in [0.1, 0.15) is 12.5 Å². The second-order valence-corrected chi connectivity index (χ2v) is 15.6. The summed E-state index contributed by atoms with van der Waals surface area (Å²) in [5, 5.41) is 0. The summed E-state index contributed by atoms with van der Waals surface area (Å²) in [6.45, 7) is 12.0. The molecule has 0 aromatic heterocycles. The predicted molar refractivity (Wildman–Crippen MR) is 83.3 cm³/mol. The van der Waals surface area contributed by atoms with Crippen molar-refractivity contribution in [3.8, 4) is 0 Å². The number of halogens is 1. The van der Waals surface area contributed by atoms with Gasteiger partial charge in [0.1, 0.15) is 16.5 Å². The van der Waals surface area contributed by atoms with Crippen LogP contribution in [0.5, 0.6) is 0 Å². The van der Waals surface area contributed by atoms with Gasteiger partial charge in [-0.3, -0.25) is 0 Å². The molecule has 0 saturated heterocycles. The van der Waals surface area contributed by atoms with Gasteiger partial charge in [-0.25, -0.2) is 0 Å². The molecule has 1 atom stereocenters. The van der Waals surface area contributed by atoms with E-state index in [0.29, 0.717) is 0 Å². The van der Waals surface area contributed by atoms with Gasteiger partial charge in [0.25, 0.3) is 0 Å². The average molecular weight is 310 g/mol. The molecule has 1 rings (SSSR count). The van der Waals surface area contributed by atoms with Gasteiger partial charge < -0.3 is 17.1 Å². The first kappa shape index (κ1) is 21.0. The Bertz CT molecular complexity index is 330. The molecule has 1 unspecified atom stereocenters. The van der Waals surface area contributed by atoms with Gasteiger partial charge >= 0.3 is 23.1 Å². The van der Waals surface area contributed by atoms with Crippen molar-refractivity contribution < 1.29 is 12.4 Å². The summed E-state index contributed by atoms with van der Waals surface area (Å²) >= 11 is 0. The summed E-state index contributed by atoms with van der Waals surface area (Å²) in [7, 11) is -2.47. The Morgan fingerprint density at radius 3 is 2.22 bits per heavy atom. The maximum absolute atomic E-state index is 3.99. The summed E-state index contributed by atoms with van der Waals surface area (Å²) in [5.41, 5.74) is 1.43. The second kappa shape index (κ2) is 8.76. The number of nitrogens with one attached hydrogen (secondary N) is 1. The summed E-state index contributed by atoms with van der Waals surface area (Å²) in [6, 6.07) is 14.1. The van der Waals surface area contributed by atoms with Crippen molar-refractivity contribution in [3.05, 3.63) is 35.9 Å². The molecule has 0 radical (unpaired) electrons. The quantitative estimate of drug-likeness (QED) is 0.606. The van der Waals surface area contributed by atoms with E-state index in [1.165, 1.54) is 17.7 Å². The van der Waals surface area contributed by atoms with Crippen molar-refractivity contribution in [1.82, 2.24) is 4.65 Å². The van der Waals surface area contributed by atoms with Crippen molar-refractivity contribution in [3.63, 3.8) is 0 Å². The number of hydrogen-bond donors (Lipinski definition) is 1. The van der Waals surface area contributed by atoms with Crippen molar-refractivity contribution in [2.75, 3.05) is 0 Å². The van der Waals surface area contributed by atoms with E-state index in [2.05, 4.69) is 62.0 Å². The van der Waals surface area contributed by atoms with Gasteiger partial charge in [-0.05, 0) is 6.04 Å². The van der Waals surface area contributed by atoms with E-state index in [1.807, 2.05) is 6.07 Å².